The Morgan fingerprint density at radius 1 is 1.14 bits per heavy atom. The molecule has 28 heavy (non-hydrogen) atoms. The lowest BCUT2D eigenvalue weighted by atomic mass is 9.89. The van der Waals surface area contributed by atoms with Gasteiger partial charge in [0, 0.05) is 19.2 Å². The summed E-state index contributed by atoms with van der Waals surface area (Å²) in [6, 6.07) is 11.7. The van der Waals surface area contributed by atoms with Crippen LogP contribution in [0.25, 0.3) is 0 Å². The van der Waals surface area contributed by atoms with Crippen LogP contribution in [0.4, 0.5) is 14.9 Å². The Bertz CT molecular complexity index is 840. The zero-order valence-electron chi connectivity index (χ0n) is 16.6. The van der Waals surface area contributed by atoms with Gasteiger partial charge in [0.1, 0.15) is 17.2 Å². The average molecular weight is 386 g/mol. The number of ether oxygens (including phenoxy) is 2. The molecule has 1 amide bonds. The number of anilines is 1. The number of rotatable bonds is 3. The average Bonchev–Trinajstić information content (AvgIpc) is 2.62. The van der Waals surface area contributed by atoms with E-state index >= 15 is 0 Å². The summed E-state index contributed by atoms with van der Waals surface area (Å²) in [6.07, 6.45) is 1.41. The Balaban J connectivity index is 1.66. The molecule has 1 heterocycles. The first-order chi connectivity index (χ1) is 13.2. The smallest absolute Gasteiger partial charge is 0.410 e. The van der Waals surface area contributed by atoms with Crippen LogP contribution >= 0.6 is 0 Å². The summed E-state index contributed by atoms with van der Waals surface area (Å²) in [5, 5.41) is 0. The maximum absolute atomic E-state index is 13.4. The number of amides is 1. The number of nitrogens with two attached hydrogens (primary N) is 1. The summed E-state index contributed by atoms with van der Waals surface area (Å²) >= 11 is 0. The lowest BCUT2D eigenvalue weighted by Crippen LogP contribution is -2.41. The molecule has 1 aliphatic rings. The molecule has 0 radical (unpaired) electrons. The second kappa shape index (κ2) is 8.09. The van der Waals surface area contributed by atoms with Gasteiger partial charge in [0.15, 0.2) is 5.75 Å². The molecule has 1 aliphatic heterocycles. The van der Waals surface area contributed by atoms with Crippen LogP contribution in [0.5, 0.6) is 11.5 Å². The minimum Gasteiger partial charge on any atom is -0.455 e. The fourth-order valence-electron chi connectivity index (χ4n) is 3.27. The van der Waals surface area contributed by atoms with Crippen LogP contribution in [0.2, 0.25) is 0 Å². The SMILES string of the molecule is CC(C)(C)OC(=O)N1CCC(c2ccc(N)c(Oc3cccc(F)c3)c2)CC1. The third kappa shape index (κ3) is 5.15. The van der Waals surface area contributed by atoms with Gasteiger partial charge in [-0.15, -0.1) is 0 Å². The topological polar surface area (TPSA) is 64.8 Å². The first kappa shape index (κ1) is 20.0. The van der Waals surface area contributed by atoms with E-state index in [9.17, 15) is 9.18 Å². The molecule has 6 heteroatoms. The summed E-state index contributed by atoms with van der Waals surface area (Å²) < 4.78 is 24.6. The Morgan fingerprint density at radius 2 is 1.86 bits per heavy atom. The highest BCUT2D eigenvalue weighted by Crippen LogP contribution is 2.35. The van der Waals surface area contributed by atoms with Crippen molar-refractivity contribution in [2.24, 2.45) is 0 Å². The molecule has 5 nitrogen and oxygen atoms in total. The molecular weight excluding hydrogens is 359 g/mol. The van der Waals surface area contributed by atoms with Crippen molar-refractivity contribution in [1.82, 2.24) is 4.90 Å². The number of halogens is 1. The maximum Gasteiger partial charge on any atom is 0.410 e. The minimum atomic E-state index is -0.492. The number of hydrogen-bond donors (Lipinski definition) is 1. The van der Waals surface area contributed by atoms with E-state index in [-0.39, 0.29) is 11.9 Å². The van der Waals surface area contributed by atoms with Crippen molar-refractivity contribution in [3.05, 3.63) is 53.8 Å². The van der Waals surface area contributed by atoms with Gasteiger partial charge in [-0.05, 0) is 69.4 Å². The van der Waals surface area contributed by atoms with Crippen LogP contribution in [-0.2, 0) is 4.74 Å². The van der Waals surface area contributed by atoms with Gasteiger partial charge in [-0.25, -0.2) is 9.18 Å². The van der Waals surface area contributed by atoms with Gasteiger partial charge in [-0.1, -0.05) is 12.1 Å². The molecule has 1 fully saturated rings. The van der Waals surface area contributed by atoms with Gasteiger partial charge in [-0.3, -0.25) is 0 Å². The van der Waals surface area contributed by atoms with E-state index in [2.05, 4.69) is 0 Å². The van der Waals surface area contributed by atoms with E-state index in [0.29, 0.717) is 36.2 Å². The third-order valence-corrected chi connectivity index (χ3v) is 4.68. The van der Waals surface area contributed by atoms with Crippen molar-refractivity contribution in [1.29, 1.82) is 0 Å². The zero-order chi connectivity index (χ0) is 20.3. The quantitative estimate of drug-likeness (QED) is 0.726. The van der Waals surface area contributed by atoms with Crippen LogP contribution < -0.4 is 10.5 Å². The summed E-state index contributed by atoms with van der Waals surface area (Å²) in [5.74, 6) is 0.858. The van der Waals surface area contributed by atoms with Crippen molar-refractivity contribution < 1.29 is 18.7 Å². The van der Waals surface area contributed by atoms with Crippen LogP contribution in [0, 0.1) is 5.82 Å². The summed E-state index contributed by atoms with van der Waals surface area (Å²) in [4.78, 5) is 14.0. The van der Waals surface area contributed by atoms with E-state index in [4.69, 9.17) is 15.2 Å². The number of piperidine rings is 1. The van der Waals surface area contributed by atoms with E-state index in [0.717, 1.165) is 18.4 Å². The van der Waals surface area contributed by atoms with Crippen LogP contribution in [-0.4, -0.2) is 29.7 Å². The van der Waals surface area contributed by atoms with Gasteiger partial charge >= 0.3 is 6.09 Å². The summed E-state index contributed by atoms with van der Waals surface area (Å²) in [5.41, 5.74) is 7.15. The third-order valence-electron chi connectivity index (χ3n) is 4.68. The highest BCUT2D eigenvalue weighted by molar-refractivity contribution is 5.68. The Kier molecular flexibility index (Phi) is 5.77. The summed E-state index contributed by atoms with van der Waals surface area (Å²) in [7, 11) is 0. The molecule has 0 unspecified atom stereocenters. The van der Waals surface area contributed by atoms with Crippen molar-refractivity contribution >= 4 is 11.8 Å². The number of benzene rings is 2. The first-order valence-corrected chi connectivity index (χ1v) is 9.52. The molecule has 1 saturated heterocycles. The highest BCUT2D eigenvalue weighted by Gasteiger charge is 2.27. The molecule has 0 spiro atoms. The molecule has 2 N–H and O–H groups in total. The monoisotopic (exact) mass is 386 g/mol. The van der Waals surface area contributed by atoms with E-state index in [1.165, 1.54) is 12.1 Å². The molecule has 0 aromatic heterocycles. The van der Waals surface area contributed by atoms with Gasteiger partial charge in [0.25, 0.3) is 0 Å². The van der Waals surface area contributed by atoms with E-state index in [1.54, 1.807) is 17.0 Å². The lowest BCUT2D eigenvalue weighted by Gasteiger charge is -2.33. The molecule has 0 atom stereocenters. The molecule has 2 aromatic carbocycles. The van der Waals surface area contributed by atoms with Crippen molar-refractivity contribution in [3.63, 3.8) is 0 Å². The first-order valence-electron chi connectivity index (χ1n) is 9.52. The lowest BCUT2D eigenvalue weighted by molar-refractivity contribution is 0.0205. The normalized spacial score (nSPS) is 15.4. The number of nitrogen functional groups attached to an aromatic ring is 1. The number of carbonyl (C=O) groups excluding carboxylic acids is 1. The number of hydrogen-bond acceptors (Lipinski definition) is 4. The molecular formula is C22H27FN2O3. The predicted molar refractivity (Wildman–Crippen MR) is 107 cm³/mol. The standard InChI is InChI=1S/C22H27FN2O3/c1-22(2,3)28-21(26)25-11-9-15(10-12-25)16-7-8-19(24)20(13-16)27-18-6-4-5-17(23)14-18/h4-8,13-15H,9-12,24H2,1-3H3. The van der Waals surface area contributed by atoms with Crippen LogP contribution in [0.3, 0.4) is 0 Å². The molecule has 0 aliphatic carbocycles. The second-order valence-electron chi connectivity index (χ2n) is 8.10. The van der Waals surface area contributed by atoms with Crippen molar-refractivity contribution in [3.8, 4) is 11.5 Å². The van der Waals surface area contributed by atoms with Gasteiger partial charge in [0.05, 0.1) is 5.69 Å². The van der Waals surface area contributed by atoms with Crippen LogP contribution in [0.1, 0.15) is 45.1 Å². The van der Waals surface area contributed by atoms with Gasteiger partial charge in [0.2, 0.25) is 0 Å². The van der Waals surface area contributed by atoms with Crippen molar-refractivity contribution in [2.45, 2.75) is 45.1 Å². The van der Waals surface area contributed by atoms with E-state index < -0.39 is 5.60 Å². The summed E-state index contributed by atoms with van der Waals surface area (Å²) in [6.45, 7) is 6.89. The number of nitrogens with zero attached hydrogens (tertiary/aromatic N) is 1. The van der Waals surface area contributed by atoms with Gasteiger partial charge < -0.3 is 20.1 Å². The fourth-order valence-corrected chi connectivity index (χ4v) is 3.27. The largest absolute Gasteiger partial charge is 0.455 e. The molecule has 2 aromatic rings. The number of likely N-dealkylation sites (tertiary alicyclic amines) is 1. The zero-order valence-corrected chi connectivity index (χ0v) is 16.6. The Hall–Kier alpha value is -2.76. The predicted octanol–water partition coefficient (Wildman–Crippen LogP) is 5.31. The number of carbonyl (C=O) groups is 1. The fraction of sp³-hybridized carbons (Fsp3) is 0.409. The minimum absolute atomic E-state index is 0.265. The van der Waals surface area contributed by atoms with E-state index in [1.807, 2.05) is 39.0 Å². The Labute approximate surface area is 165 Å². The van der Waals surface area contributed by atoms with Crippen LogP contribution in [0.15, 0.2) is 42.5 Å². The highest BCUT2D eigenvalue weighted by atomic mass is 19.1. The Morgan fingerprint density at radius 3 is 2.50 bits per heavy atom. The second-order valence-corrected chi connectivity index (χ2v) is 8.10. The molecule has 150 valence electrons. The molecule has 0 bridgehead atoms. The molecule has 3 rings (SSSR count). The maximum atomic E-state index is 13.4. The molecule has 0 saturated carbocycles. The van der Waals surface area contributed by atoms with Crippen molar-refractivity contribution in [2.75, 3.05) is 18.8 Å². The van der Waals surface area contributed by atoms with Gasteiger partial charge in [-0.2, -0.15) is 0 Å².